The highest BCUT2D eigenvalue weighted by atomic mass is 19.4. The molecule has 168 valence electrons. The summed E-state index contributed by atoms with van der Waals surface area (Å²) >= 11 is 0. The van der Waals surface area contributed by atoms with Gasteiger partial charge in [-0.1, -0.05) is 24.3 Å². The standard InChI is InChI=1S/C21H25F4N5O/c1-26-20(29-17-7-9-30(12-17)19-18(22)6-3-8-27-19)28-11-15-4-2-5-16(10-15)13-31-14-21(23,24)25/h2-6,8,10,17H,7,9,11-14H2,1H3,(H2,26,28,29). The van der Waals surface area contributed by atoms with E-state index in [4.69, 9.17) is 4.74 Å². The summed E-state index contributed by atoms with van der Waals surface area (Å²) in [7, 11) is 1.65. The van der Waals surface area contributed by atoms with E-state index in [1.54, 1.807) is 37.5 Å². The van der Waals surface area contributed by atoms with Crippen molar-refractivity contribution in [1.29, 1.82) is 0 Å². The molecular weight excluding hydrogens is 414 g/mol. The summed E-state index contributed by atoms with van der Waals surface area (Å²) in [6, 6.07) is 10.2. The van der Waals surface area contributed by atoms with Crippen LogP contribution in [0.2, 0.25) is 0 Å². The fourth-order valence-electron chi connectivity index (χ4n) is 3.37. The topological polar surface area (TPSA) is 61.8 Å². The molecule has 0 amide bonds. The van der Waals surface area contributed by atoms with Crippen LogP contribution in [0, 0.1) is 5.82 Å². The maximum Gasteiger partial charge on any atom is 0.411 e. The second kappa shape index (κ2) is 10.4. The van der Waals surface area contributed by atoms with Crippen molar-refractivity contribution < 1.29 is 22.3 Å². The third kappa shape index (κ3) is 7.09. The molecule has 1 saturated heterocycles. The van der Waals surface area contributed by atoms with Crippen molar-refractivity contribution in [1.82, 2.24) is 15.6 Å². The number of nitrogens with zero attached hydrogens (tertiary/aromatic N) is 3. The van der Waals surface area contributed by atoms with Gasteiger partial charge in [-0.05, 0) is 29.7 Å². The fourth-order valence-corrected chi connectivity index (χ4v) is 3.37. The van der Waals surface area contributed by atoms with Crippen molar-refractivity contribution in [3.05, 3.63) is 59.5 Å². The Labute approximate surface area is 178 Å². The summed E-state index contributed by atoms with van der Waals surface area (Å²) in [5, 5.41) is 6.51. The number of halogens is 4. The van der Waals surface area contributed by atoms with Crippen LogP contribution in [-0.2, 0) is 17.9 Å². The van der Waals surface area contributed by atoms with Crippen molar-refractivity contribution in [2.45, 2.75) is 31.8 Å². The van der Waals surface area contributed by atoms with Crippen LogP contribution in [0.3, 0.4) is 0 Å². The van der Waals surface area contributed by atoms with Crippen molar-refractivity contribution in [2.75, 3.05) is 31.6 Å². The van der Waals surface area contributed by atoms with Gasteiger partial charge in [-0.3, -0.25) is 4.99 Å². The highest BCUT2D eigenvalue weighted by Crippen LogP contribution is 2.21. The molecule has 10 heteroatoms. The summed E-state index contributed by atoms with van der Waals surface area (Å²) < 4.78 is 55.3. The Morgan fingerprint density at radius 3 is 2.81 bits per heavy atom. The third-order valence-electron chi connectivity index (χ3n) is 4.78. The molecule has 0 spiro atoms. The lowest BCUT2D eigenvalue weighted by Gasteiger charge is -2.20. The number of alkyl halides is 3. The first-order chi connectivity index (χ1) is 14.8. The molecule has 2 aromatic rings. The van der Waals surface area contributed by atoms with Gasteiger partial charge in [0.2, 0.25) is 0 Å². The van der Waals surface area contributed by atoms with E-state index in [0.29, 0.717) is 37.0 Å². The fraction of sp³-hybridized carbons (Fsp3) is 0.429. The van der Waals surface area contributed by atoms with Crippen LogP contribution in [0.1, 0.15) is 17.5 Å². The predicted molar refractivity (Wildman–Crippen MR) is 110 cm³/mol. The Bertz CT molecular complexity index is 890. The average molecular weight is 439 g/mol. The smallest absolute Gasteiger partial charge is 0.367 e. The molecule has 2 heterocycles. The van der Waals surface area contributed by atoms with Crippen molar-refractivity contribution in [3.8, 4) is 0 Å². The van der Waals surface area contributed by atoms with E-state index in [2.05, 4.69) is 20.6 Å². The molecule has 0 radical (unpaired) electrons. The van der Waals surface area contributed by atoms with Crippen LogP contribution in [0.5, 0.6) is 0 Å². The van der Waals surface area contributed by atoms with Crippen molar-refractivity contribution in [3.63, 3.8) is 0 Å². The highest BCUT2D eigenvalue weighted by molar-refractivity contribution is 5.80. The minimum absolute atomic E-state index is 0.0784. The quantitative estimate of drug-likeness (QED) is 0.394. The van der Waals surface area contributed by atoms with Crippen LogP contribution in [0.15, 0.2) is 47.6 Å². The monoisotopic (exact) mass is 439 g/mol. The largest absolute Gasteiger partial charge is 0.411 e. The molecule has 2 N–H and O–H groups in total. The number of hydrogen-bond acceptors (Lipinski definition) is 4. The van der Waals surface area contributed by atoms with Gasteiger partial charge in [0, 0.05) is 38.9 Å². The van der Waals surface area contributed by atoms with Crippen LogP contribution in [0.25, 0.3) is 0 Å². The summed E-state index contributed by atoms with van der Waals surface area (Å²) in [5.74, 6) is 0.594. The molecule has 1 atom stereocenters. The van der Waals surface area contributed by atoms with Gasteiger partial charge < -0.3 is 20.3 Å². The molecule has 0 saturated carbocycles. The first kappa shape index (κ1) is 22.8. The molecule has 1 aromatic carbocycles. The lowest BCUT2D eigenvalue weighted by atomic mass is 10.1. The molecule has 0 bridgehead atoms. The Morgan fingerprint density at radius 1 is 1.26 bits per heavy atom. The van der Waals surface area contributed by atoms with Gasteiger partial charge >= 0.3 is 6.18 Å². The number of benzene rings is 1. The second-order valence-electron chi connectivity index (χ2n) is 7.24. The van der Waals surface area contributed by atoms with Gasteiger partial charge in [-0.15, -0.1) is 0 Å². The number of rotatable bonds is 7. The predicted octanol–water partition coefficient (Wildman–Crippen LogP) is 3.24. The van der Waals surface area contributed by atoms with E-state index >= 15 is 0 Å². The molecule has 1 aliphatic heterocycles. The molecular formula is C21H25F4N5O. The average Bonchev–Trinajstić information content (AvgIpc) is 3.19. The number of aliphatic imine (C=N–C) groups is 1. The maximum absolute atomic E-state index is 13.9. The highest BCUT2D eigenvalue weighted by Gasteiger charge is 2.27. The number of guanidine groups is 1. The number of nitrogens with one attached hydrogen (secondary N) is 2. The first-order valence-corrected chi connectivity index (χ1v) is 9.89. The van der Waals surface area contributed by atoms with E-state index < -0.39 is 12.8 Å². The van der Waals surface area contributed by atoms with E-state index in [-0.39, 0.29) is 18.5 Å². The normalized spacial score (nSPS) is 17.1. The molecule has 0 aliphatic carbocycles. The van der Waals surface area contributed by atoms with Gasteiger partial charge in [0.05, 0.1) is 6.61 Å². The Balaban J connectivity index is 1.48. The summed E-state index contributed by atoms with van der Waals surface area (Å²) in [6.45, 7) is 0.344. The second-order valence-corrected chi connectivity index (χ2v) is 7.24. The van der Waals surface area contributed by atoms with Crippen LogP contribution in [-0.4, -0.2) is 49.9 Å². The summed E-state index contributed by atoms with van der Waals surface area (Å²) in [6.07, 6.45) is -1.96. The van der Waals surface area contributed by atoms with Gasteiger partial charge in [-0.25, -0.2) is 9.37 Å². The molecule has 1 aromatic heterocycles. The Morgan fingerprint density at radius 2 is 2.06 bits per heavy atom. The van der Waals surface area contributed by atoms with E-state index in [1.165, 1.54) is 6.07 Å². The van der Waals surface area contributed by atoms with E-state index in [0.717, 1.165) is 12.0 Å². The van der Waals surface area contributed by atoms with Crippen molar-refractivity contribution >= 4 is 11.8 Å². The first-order valence-electron chi connectivity index (χ1n) is 9.89. The Kier molecular flexibility index (Phi) is 7.67. The summed E-state index contributed by atoms with van der Waals surface area (Å²) in [4.78, 5) is 10.2. The zero-order chi connectivity index (χ0) is 22.3. The summed E-state index contributed by atoms with van der Waals surface area (Å²) in [5.41, 5.74) is 1.55. The minimum atomic E-state index is -4.34. The molecule has 31 heavy (non-hydrogen) atoms. The SMILES string of the molecule is CN=C(NCc1cccc(COCC(F)(F)F)c1)NC1CCN(c2ncccc2F)C1. The lowest BCUT2D eigenvalue weighted by Crippen LogP contribution is -2.44. The van der Waals surface area contributed by atoms with Crippen LogP contribution >= 0.6 is 0 Å². The molecule has 1 unspecified atom stereocenters. The Hall–Kier alpha value is -2.88. The van der Waals surface area contributed by atoms with Crippen molar-refractivity contribution in [2.24, 2.45) is 4.99 Å². The number of hydrogen-bond donors (Lipinski definition) is 2. The number of aromatic nitrogens is 1. The van der Waals surface area contributed by atoms with Gasteiger partial charge in [0.15, 0.2) is 17.6 Å². The maximum atomic E-state index is 13.9. The molecule has 1 fully saturated rings. The molecule has 6 nitrogen and oxygen atoms in total. The number of ether oxygens (including phenoxy) is 1. The van der Waals surface area contributed by atoms with Gasteiger partial charge in [0.25, 0.3) is 0 Å². The number of anilines is 1. The van der Waals surface area contributed by atoms with Gasteiger partial charge in [0.1, 0.15) is 6.61 Å². The molecule has 3 rings (SSSR count). The van der Waals surface area contributed by atoms with E-state index in [9.17, 15) is 17.6 Å². The number of pyridine rings is 1. The van der Waals surface area contributed by atoms with Crippen LogP contribution < -0.4 is 15.5 Å². The zero-order valence-corrected chi connectivity index (χ0v) is 17.1. The third-order valence-corrected chi connectivity index (χ3v) is 4.78. The van der Waals surface area contributed by atoms with E-state index in [1.807, 2.05) is 11.0 Å². The van der Waals surface area contributed by atoms with Gasteiger partial charge in [-0.2, -0.15) is 13.2 Å². The lowest BCUT2D eigenvalue weighted by molar-refractivity contribution is -0.176. The zero-order valence-electron chi connectivity index (χ0n) is 17.1. The molecule has 1 aliphatic rings. The van der Waals surface area contributed by atoms with Crippen LogP contribution in [0.4, 0.5) is 23.4 Å². The minimum Gasteiger partial charge on any atom is -0.367 e.